The second-order valence-electron chi connectivity index (χ2n) is 9.30. The van der Waals surface area contributed by atoms with Crippen LogP contribution in [0, 0.1) is 5.82 Å². The van der Waals surface area contributed by atoms with Crippen LogP contribution in [0.1, 0.15) is 22.4 Å². The molecule has 0 atom stereocenters. The number of benzene rings is 2. The van der Waals surface area contributed by atoms with Crippen LogP contribution < -0.4 is 5.32 Å². The van der Waals surface area contributed by atoms with E-state index in [2.05, 4.69) is 15.2 Å². The number of nitrogens with one attached hydrogen (secondary N) is 1. The van der Waals surface area contributed by atoms with Crippen LogP contribution in [0.5, 0.6) is 0 Å². The monoisotopic (exact) mass is 552 g/mol. The molecule has 38 heavy (non-hydrogen) atoms. The smallest absolute Gasteiger partial charge is 0.326 e. The van der Waals surface area contributed by atoms with E-state index in [1.54, 1.807) is 53.2 Å². The number of sulfone groups is 1. The Morgan fingerprint density at radius 1 is 1.16 bits per heavy atom. The summed E-state index contributed by atoms with van der Waals surface area (Å²) in [6.45, 7) is 2.22. The van der Waals surface area contributed by atoms with Gasteiger partial charge in [-0.25, -0.2) is 22.6 Å². The number of halogens is 2. The van der Waals surface area contributed by atoms with Crippen LogP contribution in [-0.4, -0.2) is 48.2 Å². The van der Waals surface area contributed by atoms with Gasteiger partial charge in [0.05, 0.1) is 10.4 Å². The summed E-state index contributed by atoms with van der Waals surface area (Å²) in [5, 5.41) is 4.05. The van der Waals surface area contributed by atoms with Gasteiger partial charge in [0.1, 0.15) is 11.0 Å². The third-order valence-electron chi connectivity index (χ3n) is 6.61. The van der Waals surface area contributed by atoms with Crippen LogP contribution in [-0.2, 0) is 29.3 Å². The molecule has 2 aromatic carbocycles. The minimum absolute atomic E-state index is 0.213. The van der Waals surface area contributed by atoms with Gasteiger partial charge in [-0.05, 0) is 59.2 Å². The minimum Gasteiger partial charge on any atom is -0.333 e. The van der Waals surface area contributed by atoms with Crippen molar-refractivity contribution in [3.05, 3.63) is 100 Å². The van der Waals surface area contributed by atoms with Gasteiger partial charge in [0.2, 0.25) is 0 Å². The van der Waals surface area contributed by atoms with E-state index in [-0.39, 0.29) is 23.3 Å². The molecule has 0 spiro atoms. The van der Waals surface area contributed by atoms with Crippen molar-refractivity contribution < 1.29 is 17.6 Å². The summed E-state index contributed by atoms with van der Waals surface area (Å²) < 4.78 is 39.4. The number of nitrogens with zero attached hydrogens (tertiary/aromatic N) is 3. The average Bonchev–Trinajstić information content (AvgIpc) is 3.21. The zero-order chi connectivity index (χ0) is 26.9. The maximum absolute atomic E-state index is 13.4. The van der Waals surface area contributed by atoms with Gasteiger partial charge in [-0.3, -0.25) is 9.47 Å². The van der Waals surface area contributed by atoms with Gasteiger partial charge in [0.25, 0.3) is 0 Å². The maximum Gasteiger partial charge on any atom is 0.326 e. The molecular weight excluding hydrogens is 527 g/mol. The molecule has 1 amide bonds. The van der Waals surface area contributed by atoms with E-state index in [4.69, 9.17) is 11.6 Å². The zero-order valence-electron chi connectivity index (χ0n) is 20.7. The Morgan fingerprint density at radius 2 is 1.95 bits per heavy atom. The fourth-order valence-electron chi connectivity index (χ4n) is 4.73. The lowest BCUT2D eigenvalue weighted by Crippen LogP contribution is -2.34. The Kier molecular flexibility index (Phi) is 7.34. The molecule has 196 valence electrons. The van der Waals surface area contributed by atoms with E-state index in [9.17, 15) is 17.6 Å². The predicted octanol–water partition coefficient (Wildman–Crippen LogP) is 5.06. The molecule has 3 heterocycles. The first-order valence-electron chi connectivity index (χ1n) is 12.1. The van der Waals surface area contributed by atoms with E-state index in [1.807, 2.05) is 12.2 Å². The minimum atomic E-state index is -3.42. The molecule has 2 aromatic heterocycles. The topological polar surface area (TPSA) is 84.3 Å². The Labute approximate surface area is 225 Å². The lowest BCUT2D eigenvalue weighted by molar-refractivity contribution is 0.240. The van der Waals surface area contributed by atoms with Crippen molar-refractivity contribution >= 4 is 44.4 Å². The Hall–Kier alpha value is -3.53. The zero-order valence-corrected chi connectivity index (χ0v) is 22.3. The van der Waals surface area contributed by atoms with Crippen molar-refractivity contribution in [1.29, 1.82) is 0 Å². The molecular formula is C28H26ClFN4O3S. The van der Waals surface area contributed by atoms with Crippen LogP contribution in [0.3, 0.4) is 0 Å². The molecule has 1 aliphatic rings. The van der Waals surface area contributed by atoms with E-state index >= 15 is 0 Å². The first kappa shape index (κ1) is 26.1. The van der Waals surface area contributed by atoms with Crippen molar-refractivity contribution in [1.82, 2.24) is 19.8 Å². The molecule has 0 aliphatic carbocycles. The number of hydrogen-bond acceptors (Lipinski definition) is 5. The summed E-state index contributed by atoms with van der Waals surface area (Å²) in [6.07, 6.45) is 7.35. The number of carbonyl (C=O) groups is 1. The molecule has 0 bridgehead atoms. The highest BCUT2D eigenvalue weighted by Gasteiger charge is 2.27. The number of carbonyl (C=O) groups excluding carboxylic acids is 1. The summed E-state index contributed by atoms with van der Waals surface area (Å²) in [5.41, 5.74) is 4.20. The molecule has 0 saturated carbocycles. The van der Waals surface area contributed by atoms with Gasteiger partial charge in [-0.2, -0.15) is 0 Å². The molecule has 5 rings (SSSR count). The van der Waals surface area contributed by atoms with Crippen LogP contribution in [0.25, 0.3) is 17.0 Å². The van der Waals surface area contributed by atoms with Crippen molar-refractivity contribution in [2.75, 3.05) is 19.3 Å². The number of aromatic nitrogens is 2. The highest BCUT2D eigenvalue weighted by molar-refractivity contribution is 7.90. The predicted molar refractivity (Wildman–Crippen MR) is 146 cm³/mol. The third-order valence-corrected chi connectivity index (χ3v) is 7.93. The van der Waals surface area contributed by atoms with Crippen molar-refractivity contribution in [3.63, 3.8) is 0 Å². The SMILES string of the molecule is CS(=O)(=O)c1ccc2c(c1)c1c(n2C(=O)NCc2ccnc(Cl)c2)CCN(C/C=C/c2ccc(F)cc2)C1. The molecule has 4 aromatic rings. The van der Waals surface area contributed by atoms with Crippen LogP contribution in [0.15, 0.2) is 71.8 Å². The van der Waals surface area contributed by atoms with Gasteiger partial charge < -0.3 is 5.32 Å². The van der Waals surface area contributed by atoms with Gasteiger partial charge >= 0.3 is 6.03 Å². The first-order chi connectivity index (χ1) is 18.2. The number of fused-ring (bicyclic) bond motifs is 3. The van der Waals surface area contributed by atoms with E-state index in [0.717, 1.165) is 34.3 Å². The van der Waals surface area contributed by atoms with Gasteiger partial charge in [-0.1, -0.05) is 35.9 Å². The third kappa shape index (κ3) is 5.65. The molecule has 7 nitrogen and oxygen atoms in total. The van der Waals surface area contributed by atoms with Crippen LogP contribution in [0.2, 0.25) is 5.15 Å². The maximum atomic E-state index is 13.4. The van der Waals surface area contributed by atoms with Crippen molar-refractivity contribution in [2.24, 2.45) is 0 Å². The number of rotatable bonds is 6. The molecule has 0 fully saturated rings. The van der Waals surface area contributed by atoms with E-state index in [1.165, 1.54) is 18.4 Å². The van der Waals surface area contributed by atoms with Gasteiger partial charge in [-0.15, -0.1) is 0 Å². The Morgan fingerprint density at radius 3 is 2.68 bits per heavy atom. The number of amides is 1. The molecule has 1 N–H and O–H groups in total. The Balaban J connectivity index is 1.44. The fourth-order valence-corrected chi connectivity index (χ4v) is 5.58. The second kappa shape index (κ2) is 10.7. The Bertz CT molecular complexity index is 1650. The van der Waals surface area contributed by atoms with Crippen LogP contribution in [0.4, 0.5) is 9.18 Å². The van der Waals surface area contributed by atoms with Crippen molar-refractivity contribution in [2.45, 2.75) is 24.4 Å². The lowest BCUT2D eigenvalue weighted by atomic mass is 10.0. The van der Waals surface area contributed by atoms with Gasteiger partial charge in [0.15, 0.2) is 9.84 Å². The summed E-state index contributed by atoms with van der Waals surface area (Å²) in [5.74, 6) is -0.274. The molecule has 10 heteroatoms. The number of pyridine rings is 1. The van der Waals surface area contributed by atoms with Crippen LogP contribution >= 0.6 is 11.6 Å². The molecule has 1 aliphatic heterocycles. The molecule has 0 saturated heterocycles. The quantitative estimate of drug-likeness (QED) is 0.338. The fraction of sp³-hybridized carbons (Fsp3) is 0.214. The van der Waals surface area contributed by atoms with Crippen molar-refractivity contribution in [3.8, 4) is 0 Å². The first-order valence-corrected chi connectivity index (χ1v) is 14.4. The lowest BCUT2D eigenvalue weighted by Gasteiger charge is -2.27. The summed E-state index contributed by atoms with van der Waals surface area (Å²) >= 11 is 5.97. The van der Waals surface area contributed by atoms with E-state index < -0.39 is 9.84 Å². The summed E-state index contributed by atoms with van der Waals surface area (Å²) in [7, 11) is -3.42. The molecule has 0 unspecified atom stereocenters. The molecule has 0 radical (unpaired) electrons. The summed E-state index contributed by atoms with van der Waals surface area (Å²) in [6, 6.07) is 14.4. The summed E-state index contributed by atoms with van der Waals surface area (Å²) in [4.78, 5) is 19.8. The number of hydrogen-bond donors (Lipinski definition) is 1. The highest BCUT2D eigenvalue weighted by atomic mass is 35.5. The second-order valence-corrected chi connectivity index (χ2v) is 11.7. The normalized spacial score (nSPS) is 14.2. The average molecular weight is 553 g/mol. The highest BCUT2D eigenvalue weighted by Crippen LogP contribution is 2.32. The van der Waals surface area contributed by atoms with E-state index in [0.29, 0.717) is 30.2 Å². The van der Waals surface area contributed by atoms with Gasteiger partial charge in [0, 0.05) is 56.1 Å². The largest absolute Gasteiger partial charge is 0.333 e. The standard InChI is InChI=1S/C28H26ClFN4O3S/c1-38(36,37)22-8-9-25-23(16-22)24-18-33(13-2-3-19-4-6-21(30)7-5-19)14-11-26(24)34(25)28(35)32-17-20-10-12-31-27(29)15-20/h2-10,12,15-16H,11,13-14,17-18H2,1H3,(H,32,35)/b3-2+.